The van der Waals surface area contributed by atoms with Crippen molar-refractivity contribution in [1.29, 1.82) is 0 Å². The fourth-order valence-corrected chi connectivity index (χ4v) is 3.58. The largest absolute Gasteiger partial charge is 0.457 e. The Morgan fingerprint density at radius 2 is 1.84 bits per heavy atom. The predicted molar refractivity (Wildman–Crippen MR) is 107 cm³/mol. The lowest BCUT2D eigenvalue weighted by Gasteiger charge is -2.34. The van der Waals surface area contributed by atoms with Gasteiger partial charge in [0.15, 0.2) is 0 Å². The van der Waals surface area contributed by atoms with E-state index in [2.05, 4.69) is 68.5 Å². The quantitative estimate of drug-likeness (QED) is 0.772. The van der Waals surface area contributed by atoms with E-state index in [1.54, 1.807) is 0 Å². The summed E-state index contributed by atoms with van der Waals surface area (Å²) in [5.41, 5.74) is 4.24. The summed E-state index contributed by atoms with van der Waals surface area (Å²) < 4.78 is 5.95. The van der Waals surface area contributed by atoms with Crippen LogP contribution in [-0.4, -0.2) is 38.1 Å². The van der Waals surface area contributed by atoms with Crippen molar-refractivity contribution in [3.05, 3.63) is 42.2 Å². The molecule has 0 amide bonds. The maximum Gasteiger partial charge on any atom is 0.136 e. The van der Waals surface area contributed by atoms with E-state index in [9.17, 15) is 0 Å². The number of fused-ring (bicyclic) bond motifs is 1. The van der Waals surface area contributed by atoms with Crippen LogP contribution in [0.15, 0.2) is 36.6 Å². The van der Waals surface area contributed by atoms with Crippen LogP contribution in [0.3, 0.4) is 0 Å². The lowest BCUT2D eigenvalue weighted by atomic mass is 9.87. The van der Waals surface area contributed by atoms with Crippen LogP contribution in [0.25, 0.3) is 5.57 Å². The van der Waals surface area contributed by atoms with Gasteiger partial charge in [-0.05, 0) is 55.5 Å². The SMILES string of the molecule is C=C1C=C(CCCC(C)(C)C)c2ccc(N3CCN(C)CC3)cc2O1. The summed E-state index contributed by atoms with van der Waals surface area (Å²) in [6, 6.07) is 6.68. The molecule has 0 radical (unpaired) electrons. The summed E-state index contributed by atoms with van der Waals surface area (Å²) in [7, 11) is 2.19. The van der Waals surface area contributed by atoms with Gasteiger partial charge < -0.3 is 14.5 Å². The van der Waals surface area contributed by atoms with Crippen molar-refractivity contribution < 1.29 is 4.74 Å². The van der Waals surface area contributed by atoms with Crippen molar-refractivity contribution >= 4 is 11.3 Å². The monoisotopic (exact) mass is 340 g/mol. The Labute approximate surface area is 153 Å². The molecule has 0 unspecified atom stereocenters. The van der Waals surface area contributed by atoms with Gasteiger partial charge >= 0.3 is 0 Å². The first-order valence-electron chi connectivity index (χ1n) is 9.47. The van der Waals surface area contributed by atoms with Crippen LogP contribution in [0.4, 0.5) is 5.69 Å². The third kappa shape index (κ3) is 4.66. The number of hydrogen-bond acceptors (Lipinski definition) is 3. The molecule has 2 aliphatic rings. The third-order valence-electron chi connectivity index (χ3n) is 5.13. The highest BCUT2D eigenvalue weighted by Gasteiger charge is 2.20. The van der Waals surface area contributed by atoms with Gasteiger partial charge in [-0.2, -0.15) is 0 Å². The molecule has 3 rings (SSSR count). The highest BCUT2D eigenvalue weighted by atomic mass is 16.5. The number of allylic oxidation sites excluding steroid dienone is 2. The molecule has 0 aliphatic carbocycles. The molecule has 3 heteroatoms. The van der Waals surface area contributed by atoms with Gasteiger partial charge in [0.25, 0.3) is 0 Å². The van der Waals surface area contributed by atoms with E-state index < -0.39 is 0 Å². The van der Waals surface area contributed by atoms with Gasteiger partial charge in [-0.1, -0.05) is 27.4 Å². The molecule has 2 heterocycles. The van der Waals surface area contributed by atoms with Crippen molar-refractivity contribution in [3.63, 3.8) is 0 Å². The average Bonchev–Trinajstić information content (AvgIpc) is 2.53. The number of rotatable bonds is 4. The average molecular weight is 341 g/mol. The number of likely N-dealkylation sites (N-methyl/N-ethyl adjacent to an activating group) is 1. The summed E-state index contributed by atoms with van der Waals surface area (Å²) in [5.74, 6) is 1.73. The second-order valence-electron chi connectivity index (χ2n) is 8.62. The number of nitrogens with zero attached hydrogens (tertiary/aromatic N) is 2. The molecule has 0 N–H and O–H groups in total. The van der Waals surface area contributed by atoms with Crippen molar-refractivity contribution in [1.82, 2.24) is 4.90 Å². The first-order valence-corrected chi connectivity index (χ1v) is 9.47. The zero-order valence-electron chi connectivity index (χ0n) is 16.3. The fourth-order valence-electron chi connectivity index (χ4n) is 3.58. The molecule has 0 saturated carbocycles. The molecule has 136 valence electrons. The number of anilines is 1. The van der Waals surface area contributed by atoms with Crippen molar-refractivity contribution in [2.75, 3.05) is 38.1 Å². The topological polar surface area (TPSA) is 15.7 Å². The first kappa shape index (κ1) is 18.1. The third-order valence-corrected chi connectivity index (χ3v) is 5.13. The Bertz CT molecular complexity index is 661. The van der Waals surface area contributed by atoms with Gasteiger partial charge in [0.05, 0.1) is 0 Å². The molecule has 1 aromatic carbocycles. The van der Waals surface area contributed by atoms with Crippen LogP contribution in [-0.2, 0) is 0 Å². The van der Waals surface area contributed by atoms with Gasteiger partial charge in [-0.3, -0.25) is 0 Å². The number of benzene rings is 1. The summed E-state index contributed by atoms with van der Waals surface area (Å²) in [6.07, 6.45) is 5.62. The molecule has 0 spiro atoms. The van der Waals surface area contributed by atoms with Gasteiger partial charge in [-0.25, -0.2) is 0 Å². The van der Waals surface area contributed by atoms with Gasteiger partial charge in [0, 0.05) is 43.5 Å². The predicted octanol–water partition coefficient (Wildman–Crippen LogP) is 4.94. The van der Waals surface area contributed by atoms with Crippen LogP contribution in [0.2, 0.25) is 0 Å². The molecule has 0 bridgehead atoms. The second kappa shape index (κ2) is 7.25. The number of ether oxygens (including phenoxy) is 1. The molecule has 3 nitrogen and oxygen atoms in total. The van der Waals surface area contributed by atoms with E-state index in [4.69, 9.17) is 4.74 Å². The Morgan fingerprint density at radius 3 is 2.52 bits per heavy atom. The van der Waals surface area contributed by atoms with E-state index in [0.717, 1.165) is 44.1 Å². The normalized spacial score (nSPS) is 18.6. The highest BCUT2D eigenvalue weighted by molar-refractivity contribution is 5.76. The maximum absolute atomic E-state index is 5.95. The minimum absolute atomic E-state index is 0.386. The first-order chi connectivity index (χ1) is 11.8. The van der Waals surface area contributed by atoms with E-state index in [1.807, 2.05) is 0 Å². The molecule has 1 fully saturated rings. The van der Waals surface area contributed by atoms with Crippen molar-refractivity contribution in [2.45, 2.75) is 40.0 Å². The number of piperazine rings is 1. The molecule has 2 aliphatic heterocycles. The lowest BCUT2D eigenvalue weighted by molar-refractivity contribution is 0.312. The second-order valence-corrected chi connectivity index (χ2v) is 8.62. The molecule has 0 atom stereocenters. The smallest absolute Gasteiger partial charge is 0.136 e. The maximum atomic E-state index is 5.95. The van der Waals surface area contributed by atoms with E-state index in [0.29, 0.717) is 5.41 Å². The van der Waals surface area contributed by atoms with Crippen LogP contribution >= 0.6 is 0 Å². The summed E-state index contributed by atoms with van der Waals surface area (Å²) in [6.45, 7) is 15.3. The fraction of sp³-hybridized carbons (Fsp3) is 0.545. The van der Waals surface area contributed by atoms with E-state index in [1.165, 1.54) is 29.7 Å². The molecule has 1 saturated heterocycles. The molecular weight excluding hydrogens is 308 g/mol. The minimum atomic E-state index is 0.386. The van der Waals surface area contributed by atoms with Gasteiger partial charge in [0.2, 0.25) is 0 Å². The Hall–Kier alpha value is -1.74. The van der Waals surface area contributed by atoms with Crippen LogP contribution < -0.4 is 9.64 Å². The van der Waals surface area contributed by atoms with Crippen LogP contribution in [0, 0.1) is 5.41 Å². The highest BCUT2D eigenvalue weighted by Crippen LogP contribution is 2.39. The summed E-state index contributed by atoms with van der Waals surface area (Å²) >= 11 is 0. The van der Waals surface area contributed by atoms with E-state index in [-0.39, 0.29) is 0 Å². The molecular formula is C22H32N2O. The van der Waals surface area contributed by atoms with Gasteiger partial charge in [0.1, 0.15) is 11.5 Å². The molecule has 0 aromatic heterocycles. The lowest BCUT2D eigenvalue weighted by Crippen LogP contribution is -2.44. The van der Waals surface area contributed by atoms with Crippen LogP contribution in [0.1, 0.15) is 45.6 Å². The summed E-state index contributed by atoms with van der Waals surface area (Å²) in [5, 5.41) is 0. The minimum Gasteiger partial charge on any atom is -0.457 e. The molecule has 25 heavy (non-hydrogen) atoms. The molecule has 1 aromatic rings. The number of hydrogen-bond donors (Lipinski definition) is 0. The van der Waals surface area contributed by atoms with E-state index >= 15 is 0 Å². The zero-order valence-corrected chi connectivity index (χ0v) is 16.3. The Balaban J connectivity index is 1.74. The zero-order chi connectivity index (χ0) is 18.0. The van der Waals surface area contributed by atoms with Crippen molar-refractivity contribution in [3.8, 4) is 5.75 Å². The standard InChI is InChI=1S/C22H32N2O/c1-17-15-18(7-6-10-22(2,3)4)20-9-8-19(16-21(20)25-17)24-13-11-23(5)12-14-24/h8-9,15-16H,1,6-7,10-14H2,2-5H3. The summed E-state index contributed by atoms with van der Waals surface area (Å²) in [4.78, 5) is 4.83. The Kier molecular flexibility index (Phi) is 5.24. The van der Waals surface area contributed by atoms with Crippen molar-refractivity contribution in [2.24, 2.45) is 5.41 Å². The van der Waals surface area contributed by atoms with Crippen LogP contribution in [0.5, 0.6) is 5.75 Å². The Morgan fingerprint density at radius 1 is 1.12 bits per heavy atom. The van der Waals surface area contributed by atoms with Gasteiger partial charge in [-0.15, -0.1) is 0 Å².